The molecule has 0 unspecified atom stereocenters. The molecule has 1 atom stereocenters. The van der Waals surface area contributed by atoms with Crippen LogP contribution in [0.2, 0.25) is 0 Å². The van der Waals surface area contributed by atoms with E-state index in [2.05, 4.69) is 15.9 Å². The van der Waals surface area contributed by atoms with E-state index in [1.165, 1.54) is 0 Å². The lowest BCUT2D eigenvalue weighted by atomic mass is 10.2. The molecule has 2 rings (SSSR count). The molecule has 1 heterocycles. The Hall–Kier alpha value is -0.610. The number of furan rings is 1. The van der Waals surface area contributed by atoms with Crippen LogP contribution in [-0.4, -0.2) is 10.5 Å². The third-order valence-corrected chi connectivity index (χ3v) is 3.89. The van der Waals surface area contributed by atoms with Gasteiger partial charge in [0, 0.05) is 16.1 Å². The predicted octanol–water partition coefficient (Wildman–Crippen LogP) is 3.55. The summed E-state index contributed by atoms with van der Waals surface area (Å²) in [5, 5.41) is 0.945. The van der Waals surface area contributed by atoms with Crippen LogP contribution in [0.25, 0.3) is 11.0 Å². The Morgan fingerprint density at radius 2 is 2.00 bits per heavy atom. The largest absolute Gasteiger partial charge is 0.460 e. The van der Waals surface area contributed by atoms with Gasteiger partial charge in [-0.05, 0) is 31.5 Å². The molecule has 0 aliphatic carbocycles. The highest BCUT2D eigenvalue weighted by Crippen LogP contribution is 2.32. The fourth-order valence-corrected chi connectivity index (χ4v) is 3.26. The van der Waals surface area contributed by atoms with Crippen molar-refractivity contribution in [2.75, 3.05) is 6.26 Å². The summed E-state index contributed by atoms with van der Waals surface area (Å²) in [7, 11) is -1.02. The summed E-state index contributed by atoms with van der Waals surface area (Å²) < 4.78 is 18.2. The van der Waals surface area contributed by atoms with Gasteiger partial charge in [0.2, 0.25) is 0 Å². The lowest BCUT2D eigenvalue weighted by molar-refractivity contribution is 0.564. The Bertz CT molecular complexity index is 557. The number of rotatable bonds is 1. The summed E-state index contributed by atoms with van der Waals surface area (Å²) in [6, 6.07) is 3.95. The van der Waals surface area contributed by atoms with E-state index in [0.717, 1.165) is 31.7 Å². The summed E-state index contributed by atoms with van der Waals surface area (Å²) in [5.41, 5.74) is 1.89. The maximum atomic E-state index is 11.6. The van der Waals surface area contributed by atoms with Gasteiger partial charge in [0.25, 0.3) is 0 Å². The molecule has 2 aromatic rings. The molecule has 0 spiro atoms. The van der Waals surface area contributed by atoms with E-state index in [0.29, 0.717) is 0 Å². The predicted molar refractivity (Wildman–Crippen MR) is 65.7 cm³/mol. The second-order valence-corrected chi connectivity index (χ2v) is 5.77. The minimum Gasteiger partial charge on any atom is -0.460 e. The van der Waals surface area contributed by atoms with Gasteiger partial charge in [-0.15, -0.1) is 0 Å². The Kier molecular flexibility index (Phi) is 2.73. The SMILES string of the molecule is Cc1oc2c(C)cc(Br)cc2c1[S@](C)=O. The van der Waals surface area contributed by atoms with Crippen molar-refractivity contribution in [2.45, 2.75) is 18.7 Å². The molecule has 1 aromatic carbocycles. The maximum Gasteiger partial charge on any atom is 0.138 e. The molecular weight excluding hydrogens is 276 g/mol. The van der Waals surface area contributed by atoms with Crippen LogP contribution in [0, 0.1) is 13.8 Å². The molecule has 0 bridgehead atoms. The lowest BCUT2D eigenvalue weighted by Gasteiger charge is -1.97. The molecule has 0 fully saturated rings. The summed E-state index contributed by atoms with van der Waals surface area (Å²) >= 11 is 3.44. The van der Waals surface area contributed by atoms with Crippen LogP contribution in [0.4, 0.5) is 0 Å². The van der Waals surface area contributed by atoms with Crippen molar-refractivity contribution in [1.82, 2.24) is 0 Å². The van der Waals surface area contributed by atoms with Crippen LogP contribution in [0.15, 0.2) is 25.9 Å². The zero-order chi connectivity index (χ0) is 11.2. The number of fused-ring (bicyclic) bond motifs is 1. The van der Waals surface area contributed by atoms with Crippen molar-refractivity contribution in [2.24, 2.45) is 0 Å². The average Bonchev–Trinajstić information content (AvgIpc) is 2.41. The molecule has 0 saturated heterocycles. The Labute approximate surface area is 99.2 Å². The van der Waals surface area contributed by atoms with Crippen LogP contribution < -0.4 is 0 Å². The van der Waals surface area contributed by atoms with E-state index < -0.39 is 10.8 Å². The van der Waals surface area contributed by atoms with Crippen LogP contribution in [-0.2, 0) is 10.8 Å². The van der Waals surface area contributed by atoms with Gasteiger partial charge < -0.3 is 4.42 Å². The van der Waals surface area contributed by atoms with E-state index in [9.17, 15) is 4.21 Å². The van der Waals surface area contributed by atoms with Gasteiger partial charge in [-0.3, -0.25) is 4.21 Å². The molecule has 0 radical (unpaired) electrons. The van der Waals surface area contributed by atoms with Gasteiger partial charge >= 0.3 is 0 Å². The smallest absolute Gasteiger partial charge is 0.138 e. The minimum atomic E-state index is -1.02. The monoisotopic (exact) mass is 286 g/mol. The highest BCUT2D eigenvalue weighted by Gasteiger charge is 2.15. The minimum absolute atomic E-state index is 0.743. The van der Waals surface area contributed by atoms with Crippen molar-refractivity contribution in [3.05, 3.63) is 27.9 Å². The first kappa shape index (κ1) is 10.9. The fraction of sp³-hybridized carbons (Fsp3) is 0.273. The molecule has 80 valence electrons. The van der Waals surface area contributed by atoms with E-state index in [4.69, 9.17) is 4.42 Å². The summed E-state index contributed by atoms with van der Waals surface area (Å²) in [6.07, 6.45) is 1.67. The highest BCUT2D eigenvalue weighted by molar-refractivity contribution is 9.10. The van der Waals surface area contributed by atoms with Crippen LogP contribution in [0.5, 0.6) is 0 Å². The maximum absolute atomic E-state index is 11.6. The number of hydrogen-bond donors (Lipinski definition) is 0. The average molecular weight is 287 g/mol. The Balaban J connectivity index is 2.93. The van der Waals surface area contributed by atoms with Gasteiger partial charge in [0.15, 0.2) is 0 Å². The molecule has 0 amide bonds. The third kappa shape index (κ3) is 1.76. The summed E-state index contributed by atoms with van der Waals surface area (Å²) in [4.78, 5) is 0.800. The molecule has 15 heavy (non-hydrogen) atoms. The van der Waals surface area contributed by atoms with Gasteiger partial charge in [0.05, 0.1) is 15.7 Å². The van der Waals surface area contributed by atoms with E-state index in [-0.39, 0.29) is 0 Å². The van der Waals surface area contributed by atoms with Gasteiger partial charge in [0.1, 0.15) is 11.3 Å². The van der Waals surface area contributed by atoms with E-state index in [1.54, 1.807) is 6.26 Å². The lowest BCUT2D eigenvalue weighted by Crippen LogP contribution is -1.87. The van der Waals surface area contributed by atoms with Crippen molar-refractivity contribution in [3.63, 3.8) is 0 Å². The van der Waals surface area contributed by atoms with Crippen molar-refractivity contribution in [3.8, 4) is 0 Å². The molecule has 0 aliphatic heterocycles. The second kappa shape index (κ2) is 3.76. The zero-order valence-electron chi connectivity index (χ0n) is 8.76. The molecular formula is C11H11BrO2S. The van der Waals surface area contributed by atoms with Gasteiger partial charge in [-0.25, -0.2) is 0 Å². The van der Waals surface area contributed by atoms with Crippen LogP contribution in [0.3, 0.4) is 0 Å². The standard InChI is InChI=1S/C11H11BrO2S/c1-6-4-8(12)5-9-10(6)14-7(2)11(9)15(3)13/h4-5H,1-3H3/t15-/m0/s1. The molecule has 4 heteroatoms. The number of hydrogen-bond acceptors (Lipinski definition) is 2. The van der Waals surface area contributed by atoms with E-state index >= 15 is 0 Å². The van der Waals surface area contributed by atoms with Crippen molar-refractivity contribution in [1.29, 1.82) is 0 Å². The van der Waals surface area contributed by atoms with Crippen molar-refractivity contribution < 1.29 is 8.63 Å². The summed E-state index contributed by atoms with van der Waals surface area (Å²) in [6.45, 7) is 3.84. The fourth-order valence-electron chi connectivity index (χ4n) is 1.78. The van der Waals surface area contributed by atoms with Crippen LogP contribution >= 0.6 is 15.9 Å². The zero-order valence-corrected chi connectivity index (χ0v) is 11.2. The molecule has 0 saturated carbocycles. The Morgan fingerprint density at radius 1 is 1.33 bits per heavy atom. The first-order chi connectivity index (χ1) is 7.00. The molecule has 0 aliphatic rings. The molecule has 1 aromatic heterocycles. The van der Waals surface area contributed by atoms with Gasteiger partial charge in [-0.1, -0.05) is 15.9 Å². The summed E-state index contributed by atoms with van der Waals surface area (Å²) in [5.74, 6) is 0.743. The van der Waals surface area contributed by atoms with Crippen molar-refractivity contribution >= 4 is 37.7 Å². The molecule has 2 nitrogen and oxygen atoms in total. The first-order valence-electron chi connectivity index (χ1n) is 4.53. The first-order valence-corrected chi connectivity index (χ1v) is 6.88. The number of benzene rings is 1. The molecule has 0 N–H and O–H groups in total. The van der Waals surface area contributed by atoms with Crippen LogP contribution in [0.1, 0.15) is 11.3 Å². The quantitative estimate of drug-likeness (QED) is 0.803. The number of aryl methyl sites for hydroxylation is 2. The third-order valence-electron chi connectivity index (χ3n) is 2.35. The number of halogens is 1. The topological polar surface area (TPSA) is 30.2 Å². The Morgan fingerprint density at radius 3 is 2.60 bits per heavy atom. The van der Waals surface area contributed by atoms with Gasteiger partial charge in [-0.2, -0.15) is 0 Å². The van der Waals surface area contributed by atoms with E-state index in [1.807, 2.05) is 26.0 Å². The normalized spacial score (nSPS) is 13.3. The highest BCUT2D eigenvalue weighted by atomic mass is 79.9. The second-order valence-electron chi connectivity index (χ2n) is 3.54.